The van der Waals surface area contributed by atoms with Crippen LogP contribution in [-0.2, 0) is 22.5 Å². The van der Waals surface area contributed by atoms with Gasteiger partial charge in [0, 0.05) is 23.1 Å². The topological polar surface area (TPSA) is 74.4 Å². The number of aromatic amines is 1. The summed E-state index contributed by atoms with van der Waals surface area (Å²) in [5, 5.41) is 3.79. The van der Waals surface area contributed by atoms with Gasteiger partial charge in [-0.2, -0.15) is 0 Å². The number of hydrogen-bond donors (Lipinski definition) is 2. The molecule has 6 heteroatoms. The zero-order valence-corrected chi connectivity index (χ0v) is 11.8. The minimum absolute atomic E-state index is 0.106. The third-order valence-corrected chi connectivity index (χ3v) is 3.78. The fourth-order valence-corrected chi connectivity index (χ4v) is 2.70. The van der Waals surface area contributed by atoms with Gasteiger partial charge in [-0.3, -0.25) is 4.79 Å². The van der Waals surface area contributed by atoms with Crippen LogP contribution in [0.5, 0.6) is 0 Å². The Hall–Kier alpha value is -2.50. The molecule has 0 aliphatic carbocycles. The number of benzene rings is 1. The van der Waals surface area contributed by atoms with Crippen LogP contribution in [0.15, 0.2) is 24.3 Å². The minimum Gasteiger partial charge on any atom is -0.468 e. The van der Waals surface area contributed by atoms with Gasteiger partial charge in [-0.25, -0.2) is 4.79 Å². The number of H-pyrrole nitrogens is 1. The summed E-state index contributed by atoms with van der Waals surface area (Å²) >= 11 is 0. The number of carbonyl (C=O) groups is 2. The average molecular weight is 287 g/mol. The molecular weight excluding hydrogens is 270 g/mol. The monoisotopic (exact) mass is 287 g/mol. The molecule has 0 saturated heterocycles. The Bertz CT molecular complexity index is 693. The van der Waals surface area contributed by atoms with E-state index in [9.17, 15) is 9.59 Å². The summed E-state index contributed by atoms with van der Waals surface area (Å²) in [5.74, 6) is -0.452. The highest BCUT2D eigenvalue weighted by Crippen LogP contribution is 2.27. The number of aromatic nitrogens is 1. The lowest BCUT2D eigenvalue weighted by Crippen LogP contribution is -2.44. The van der Waals surface area contributed by atoms with E-state index in [1.54, 1.807) is 4.90 Å². The number of urea groups is 1. The maximum Gasteiger partial charge on any atom is 0.325 e. The molecule has 0 bridgehead atoms. The van der Waals surface area contributed by atoms with Crippen LogP contribution in [0.25, 0.3) is 10.9 Å². The fourth-order valence-electron chi connectivity index (χ4n) is 2.70. The van der Waals surface area contributed by atoms with Gasteiger partial charge in [0.25, 0.3) is 0 Å². The zero-order chi connectivity index (χ0) is 14.8. The predicted molar refractivity (Wildman–Crippen MR) is 77.8 cm³/mol. The molecule has 0 unspecified atom stereocenters. The Morgan fingerprint density at radius 3 is 3.00 bits per heavy atom. The van der Waals surface area contributed by atoms with E-state index in [1.807, 2.05) is 18.2 Å². The van der Waals surface area contributed by atoms with Gasteiger partial charge in [-0.1, -0.05) is 18.2 Å². The van der Waals surface area contributed by atoms with E-state index in [0.29, 0.717) is 13.1 Å². The van der Waals surface area contributed by atoms with Crippen molar-refractivity contribution in [1.29, 1.82) is 0 Å². The van der Waals surface area contributed by atoms with Crippen molar-refractivity contribution in [3.8, 4) is 0 Å². The largest absolute Gasteiger partial charge is 0.468 e. The summed E-state index contributed by atoms with van der Waals surface area (Å²) in [6.07, 6.45) is 0.811. The van der Waals surface area contributed by atoms with Gasteiger partial charge in [0.15, 0.2) is 0 Å². The molecule has 0 atom stereocenters. The van der Waals surface area contributed by atoms with Crippen molar-refractivity contribution in [3.63, 3.8) is 0 Å². The first kappa shape index (κ1) is 13.5. The molecule has 2 aromatic rings. The van der Waals surface area contributed by atoms with Crippen LogP contribution in [0.3, 0.4) is 0 Å². The minimum atomic E-state index is -0.452. The highest BCUT2D eigenvalue weighted by molar-refractivity contribution is 5.86. The van der Waals surface area contributed by atoms with E-state index in [4.69, 9.17) is 0 Å². The van der Waals surface area contributed by atoms with E-state index in [2.05, 4.69) is 21.1 Å². The molecule has 110 valence electrons. The normalized spacial score (nSPS) is 13.9. The summed E-state index contributed by atoms with van der Waals surface area (Å²) in [4.78, 5) is 28.1. The second-order valence-electron chi connectivity index (χ2n) is 5.03. The van der Waals surface area contributed by atoms with Crippen LogP contribution < -0.4 is 5.32 Å². The molecule has 3 rings (SSSR count). The Morgan fingerprint density at radius 2 is 2.19 bits per heavy atom. The maximum atomic E-state index is 12.0. The quantitative estimate of drug-likeness (QED) is 0.820. The Balaban J connectivity index is 1.72. The number of rotatable bonds is 2. The third-order valence-electron chi connectivity index (χ3n) is 3.78. The molecule has 0 fully saturated rings. The average Bonchev–Trinajstić information content (AvgIpc) is 2.89. The molecule has 1 aromatic heterocycles. The lowest BCUT2D eigenvalue weighted by molar-refractivity contribution is -0.139. The van der Waals surface area contributed by atoms with Gasteiger partial charge in [-0.15, -0.1) is 0 Å². The lowest BCUT2D eigenvalue weighted by atomic mass is 10.0. The second-order valence-corrected chi connectivity index (χ2v) is 5.03. The SMILES string of the molecule is COC(=O)CNC(=O)N1CCc2c([nH]c3ccccc23)C1. The summed E-state index contributed by atoms with van der Waals surface area (Å²) in [6, 6.07) is 7.90. The molecule has 2 heterocycles. The lowest BCUT2D eigenvalue weighted by Gasteiger charge is -2.27. The van der Waals surface area contributed by atoms with E-state index >= 15 is 0 Å². The molecule has 6 nitrogen and oxygen atoms in total. The summed E-state index contributed by atoms with van der Waals surface area (Å²) in [7, 11) is 1.30. The first-order chi connectivity index (χ1) is 10.2. The number of nitrogens with zero attached hydrogens (tertiary/aromatic N) is 1. The zero-order valence-electron chi connectivity index (χ0n) is 11.8. The van der Waals surface area contributed by atoms with Gasteiger partial charge in [0.1, 0.15) is 6.54 Å². The second kappa shape index (κ2) is 5.47. The van der Waals surface area contributed by atoms with Gasteiger partial charge in [0.2, 0.25) is 0 Å². The van der Waals surface area contributed by atoms with E-state index < -0.39 is 5.97 Å². The molecule has 1 aliphatic rings. The molecule has 21 heavy (non-hydrogen) atoms. The van der Waals surface area contributed by atoms with E-state index in [0.717, 1.165) is 17.6 Å². The van der Waals surface area contributed by atoms with Crippen LogP contribution in [0, 0.1) is 0 Å². The van der Waals surface area contributed by atoms with Crippen molar-refractivity contribution in [1.82, 2.24) is 15.2 Å². The number of hydrogen-bond acceptors (Lipinski definition) is 3. The van der Waals surface area contributed by atoms with E-state index in [-0.39, 0.29) is 12.6 Å². The first-order valence-corrected chi connectivity index (χ1v) is 6.87. The molecule has 2 N–H and O–H groups in total. The van der Waals surface area contributed by atoms with Gasteiger partial charge >= 0.3 is 12.0 Å². The number of esters is 1. The number of para-hydroxylation sites is 1. The molecule has 2 amide bonds. The number of ether oxygens (including phenoxy) is 1. The fraction of sp³-hybridized carbons (Fsp3) is 0.333. The number of fused-ring (bicyclic) bond motifs is 3. The number of carbonyl (C=O) groups excluding carboxylic acids is 2. The number of methoxy groups -OCH3 is 1. The maximum absolute atomic E-state index is 12.0. The van der Waals surface area contributed by atoms with Crippen molar-refractivity contribution in [2.75, 3.05) is 20.2 Å². The Morgan fingerprint density at radius 1 is 1.38 bits per heavy atom. The van der Waals surface area contributed by atoms with Crippen LogP contribution >= 0.6 is 0 Å². The molecule has 0 radical (unpaired) electrons. The highest BCUT2D eigenvalue weighted by atomic mass is 16.5. The first-order valence-electron chi connectivity index (χ1n) is 6.87. The van der Waals surface area contributed by atoms with Crippen molar-refractivity contribution in [2.24, 2.45) is 0 Å². The third kappa shape index (κ3) is 2.56. The van der Waals surface area contributed by atoms with Crippen LogP contribution in [0.2, 0.25) is 0 Å². The van der Waals surface area contributed by atoms with Gasteiger partial charge in [-0.05, 0) is 18.1 Å². The Kier molecular flexibility index (Phi) is 3.51. The standard InChI is InChI=1S/C15H17N3O3/c1-21-14(19)8-16-15(20)18-7-6-11-10-4-2-3-5-12(10)17-13(11)9-18/h2-5,17H,6-9H2,1H3,(H,16,20). The van der Waals surface area contributed by atoms with Crippen molar-refractivity contribution < 1.29 is 14.3 Å². The predicted octanol–water partition coefficient (Wildman–Crippen LogP) is 1.41. The number of amides is 2. The van der Waals surface area contributed by atoms with Gasteiger partial charge in [0.05, 0.1) is 13.7 Å². The van der Waals surface area contributed by atoms with Crippen molar-refractivity contribution in [3.05, 3.63) is 35.5 Å². The number of nitrogens with one attached hydrogen (secondary N) is 2. The molecular formula is C15H17N3O3. The molecule has 0 saturated carbocycles. The van der Waals surface area contributed by atoms with Crippen LogP contribution in [0.1, 0.15) is 11.3 Å². The van der Waals surface area contributed by atoms with Crippen molar-refractivity contribution >= 4 is 22.9 Å². The summed E-state index contributed by atoms with van der Waals surface area (Å²) < 4.78 is 4.51. The smallest absolute Gasteiger partial charge is 0.325 e. The highest BCUT2D eigenvalue weighted by Gasteiger charge is 2.23. The Labute approximate surface area is 122 Å². The molecule has 0 spiro atoms. The van der Waals surface area contributed by atoms with Crippen LogP contribution in [0.4, 0.5) is 4.79 Å². The molecule has 1 aromatic carbocycles. The van der Waals surface area contributed by atoms with Crippen molar-refractivity contribution in [2.45, 2.75) is 13.0 Å². The summed E-state index contributed by atoms with van der Waals surface area (Å²) in [5.41, 5.74) is 3.44. The summed E-state index contributed by atoms with van der Waals surface area (Å²) in [6.45, 7) is 1.06. The van der Waals surface area contributed by atoms with Crippen LogP contribution in [-0.4, -0.2) is 42.1 Å². The van der Waals surface area contributed by atoms with E-state index in [1.165, 1.54) is 18.1 Å². The van der Waals surface area contributed by atoms with Gasteiger partial charge < -0.3 is 19.9 Å². The molecule has 1 aliphatic heterocycles.